The van der Waals surface area contributed by atoms with Crippen LogP contribution in [0.1, 0.15) is 16.8 Å². The molecule has 0 saturated heterocycles. The summed E-state index contributed by atoms with van der Waals surface area (Å²) in [6.45, 7) is 0.0931. The highest BCUT2D eigenvalue weighted by molar-refractivity contribution is 6.04. The molecule has 4 aromatic rings. The first-order valence-corrected chi connectivity index (χ1v) is 11.7. The Kier molecular flexibility index (Phi) is 8.24. The highest BCUT2D eigenvalue weighted by atomic mass is 16.5. The first-order chi connectivity index (χ1) is 18.4. The summed E-state index contributed by atoms with van der Waals surface area (Å²) in [7, 11) is 3.01. The van der Waals surface area contributed by atoms with Crippen LogP contribution in [0.15, 0.2) is 72.9 Å². The summed E-state index contributed by atoms with van der Waals surface area (Å²) in [5, 5.41) is 12.5. The maximum atomic E-state index is 12.5. The van der Waals surface area contributed by atoms with Gasteiger partial charge in [-0.15, -0.1) is 0 Å². The van der Waals surface area contributed by atoms with Crippen molar-refractivity contribution in [2.45, 2.75) is 12.5 Å². The van der Waals surface area contributed by atoms with E-state index in [0.717, 1.165) is 0 Å². The minimum absolute atomic E-state index is 0.0931. The normalized spacial score (nSPS) is 11.4. The van der Waals surface area contributed by atoms with Crippen molar-refractivity contribution in [2.24, 2.45) is 5.73 Å². The summed E-state index contributed by atoms with van der Waals surface area (Å²) >= 11 is 0. The Bertz CT molecular complexity index is 1440. The second-order valence-corrected chi connectivity index (χ2v) is 8.20. The van der Waals surface area contributed by atoms with Crippen LogP contribution in [-0.4, -0.2) is 48.8 Å². The number of carboxylic acids is 1. The summed E-state index contributed by atoms with van der Waals surface area (Å²) in [6.07, 6.45) is 1.73. The number of benzene rings is 3. The van der Waals surface area contributed by atoms with E-state index in [1.807, 2.05) is 6.07 Å². The Balaban J connectivity index is 1.56. The van der Waals surface area contributed by atoms with Gasteiger partial charge in [-0.05, 0) is 36.4 Å². The number of rotatable bonds is 11. The van der Waals surface area contributed by atoms with Gasteiger partial charge in [0.05, 0.1) is 26.3 Å². The third-order valence-electron chi connectivity index (χ3n) is 5.67. The summed E-state index contributed by atoms with van der Waals surface area (Å²) in [6, 6.07) is 18.1. The summed E-state index contributed by atoms with van der Waals surface area (Å²) in [5.74, 6) is 0.832. The second kappa shape index (κ2) is 11.9. The molecule has 0 bridgehead atoms. The van der Waals surface area contributed by atoms with Crippen molar-refractivity contribution in [3.8, 4) is 28.7 Å². The molecule has 4 N–H and O–H groups in total. The molecule has 10 nitrogen and oxygen atoms in total. The smallest absolute Gasteiger partial charge is 0.320 e. The van der Waals surface area contributed by atoms with Crippen LogP contribution in [0.25, 0.3) is 10.9 Å². The van der Waals surface area contributed by atoms with Crippen LogP contribution in [-0.2, 0) is 4.79 Å². The third-order valence-corrected chi connectivity index (χ3v) is 5.67. The SMILES string of the molecule is COc1cc2c(Oc3ccc(NC(=O)c4ccccc4)cc3OC)ccnc2cc1OCCC(N)C(=O)O. The lowest BCUT2D eigenvalue weighted by atomic mass is 10.1. The van der Waals surface area contributed by atoms with Crippen molar-refractivity contribution >= 4 is 28.5 Å². The fourth-order valence-electron chi connectivity index (χ4n) is 3.65. The fraction of sp³-hybridized carbons (Fsp3) is 0.179. The summed E-state index contributed by atoms with van der Waals surface area (Å²) in [4.78, 5) is 27.8. The molecule has 4 rings (SSSR count). The zero-order valence-electron chi connectivity index (χ0n) is 20.8. The summed E-state index contributed by atoms with van der Waals surface area (Å²) < 4.78 is 22.9. The van der Waals surface area contributed by atoms with Gasteiger partial charge in [0.1, 0.15) is 11.8 Å². The van der Waals surface area contributed by atoms with Crippen molar-refractivity contribution in [3.63, 3.8) is 0 Å². The third kappa shape index (κ3) is 6.11. The van der Waals surface area contributed by atoms with Gasteiger partial charge in [0.25, 0.3) is 5.91 Å². The number of anilines is 1. The first-order valence-electron chi connectivity index (χ1n) is 11.7. The van der Waals surface area contributed by atoms with E-state index in [4.69, 9.17) is 29.8 Å². The van der Waals surface area contributed by atoms with E-state index in [9.17, 15) is 9.59 Å². The van der Waals surface area contributed by atoms with E-state index in [1.165, 1.54) is 14.2 Å². The Morgan fingerprint density at radius 3 is 2.37 bits per heavy atom. The van der Waals surface area contributed by atoms with Crippen molar-refractivity contribution in [2.75, 3.05) is 26.1 Å². The lowest BCUT2D eigenvalue weighted by Crippen LogP contribution is -2.31. The number of aromatic nitrogens is 1. The molecular weight excluding hydrogens is 490 g/mol. The Hall–Kier alpha value is -4.83. The van der Waals surface area contributed by atoms with E-state index in [1.54, 1.807) is 66.9 Å². The molecule has 1 aromatic heterocycles. The van der Waals surface area contributed by atoms with E-state index >= 15 is 0 Å². The zero-order valence-corrected chi connectivity index (χ0v) is 20.8. The Labute approximate surface area is 218 Å². The van der Waals surface area contributed by atoms with Crippen molar-refractivity contribution < 1.29 is 33.6 Å². The number of nitrogens with one attached hydrogen (secondary N) is 1. The van der Waals surface area contributed by atoms with Gasteiger partial charge < -0.3 is 35.1 Å². The highest BCUT2D eigenvalue weighted by Gasteiger charge is 2.16. The predicted molar refractivity (Wildman–Crippen MR) is 141 cm³/mol. The fourth-order valence-corrected chi connectivity index (χ4v) is 3.65. The van der Waals surface area contributed by atoms with Crippen LogP contribution in [0.3, 0.4) is 0 Å². The molecule has 1 heterocycles. The molecular formula is C28H27N3O7. The van der Waals surface area contributed by atoms with Gasteiger partial charge >= 0.3 is 5.97 Å². The lowest BCUT2D eigenvalue weighted by Gasteiger charge is -2.16. The number of hydrogen-bond acceptors (Lipinski definition) is 8. The zero-order chi connectivity index (χ0) is 27.1. The van der Waals surface area contributed by atoms with E-state index in [2.05, 4.69) is 10.3 Å². The number of carbonyl (C=O) groups excluding carboxylic acids is 1. The maximum absolute atomic E-state index is 12.5. The molecule has 0 spiro atoms. The minimum Gasteiger partial charge on any atom is -0.493 e. The molecule has 3 aromatic carbocycles. The molecule has 1 amide bonds. The van der Waals surface area contributed by atoms with Gasteiger partial charge in [-0.3, -0.25) is 14.6 Å². The molecule has 38 heavy (non-hydrogen) atoms. The monoisotopic (exact) mass is 517 g/mol. The number of methoxy groups -OCH3 is 2. The van der Waals surface area contributed by atoms with Gasteiger partial charge in [0.15, 0.2) is 23.0 Å². The number of ether oxygens (including phenoxy) is 4. The largest absolute Gasteiger partial charge is 0.493 e. The molecule has 0 aliphatic carbocycles. The van der Waals surface area contributed by atoms with Crippen molar-refractivity contribution in [3.05, 3.63) is 78.5 Å². The topological polar surface area (TPSA) is 142 Å². The quantitative estimate of drug-likeness (QED) is 0.262. The van der Waals surface area contributed by atoms with Crippen LogP contribution < -0.4 is 30.0 Å². The van der Waals surface area contributed by atoms with E-state index in [-0.39, 0.29) is 18.9 Å². The number of aliphatic carboxylic acids is 1. The number of pyridine rings is 1. The van der Waals surface area contributed by atoms with Gasteiger partial charge in [-0.25, -0.2) is 0 Å². The molecule has 196 valence electrons. The molecule has 0 fully saturated rings. The van der Waals surface area contributed by atoms with Crippen LogP contribution in [0.2, 0.25) is 0 Å². The van der Waals surface area contributed by atoms with E-state index < -0.39 is 12.0 Å². The molecule has 0 aliphatic rings. The van der Waals surface area contributed by atoms with Crippen molar-refractivity contribution in [1.29, 1.82) is 0 Å². The predicted octanol–water partition coefficient (Wildman–Crippen LogP) is 4.48. The highest BCUT2D eigenvalue weighted by Crippen LogP contribution is 2.40. The molecule has 0 aliphatic heterocycles. The number of carbonyl (C=O) groups is 2. The number of nitrogens with two attached hydrogens (primary N) is 1. The maximum Gasteiger partial charge on any atom is 0.320 e. The summed E-state index contributed by atoms with van der Waals surface area (Å²) in [5.41, 5.74) is 7.21. The van der Waals surface area contributed by atoms with Gasteiger partial charge in [-0.2, -0.15) is 0 Å². The number of fused-ring (bicyclic) bond motifs is 1. The molecule has 0 radical (unpaired) electrons. The van der Waals surface area contributed by atoms with Gasteiger partial charge in [0, 0.05) is 41.4 Å². The van der Waals surface area contributed by atoms with E-state index in [0.29, 0.717) is 50.9 Å². The molecule has 1 unspecified atom stereocenters. The minimum atomic E-state index is -1.09. The molecule has 1 atom stereocenters. The second-order valence-electron chi connectivity index (χ2n) is 8.20. The van der Waals surface area contributed by atoms with Crippen LogP contribution in [0.4, 0.5) is 5.69 Å². The number of nitrogens with zero attached hydrogens (tertiary/aromatic N) is 1. The number of hydrogen-bond donors (Lipinski definition) is 3. The number of carboxylic acid groups (broad SMARTS) is 1. The van der Waals surface area contributed by atoms with Gasteiger partial charge in [-0.1, -0.05) is 18.2 Å². The molecule has 10 heteroatoms. The number of amides is 1. The lowest BCUT2D eigenvalue weighted by molar-refractivity contribution is -0.138. The van der Waals surface area contributed by atoms with Crippen LogP contribution in [0.5, 0.6) is 28.7 Å². The Morgan fingerprint density at radius 1 is 0.921 bits per heavy atom. The first kappa shape index (κ1) is 26.2. The average Bonchev–Trinajstić information content (AvgIpc) is 2.93. The molecule has 0 saturated carbocycles. The standard InChI is InChI=1S/C28H27N3O7/c1-35-24-14-18(31-27(32)17-6-4-3-5-7-17)8-9-23(24)38-22-10-12-30-21-16-26(25(36-2)15-19(21)22)37-13-11-20(29)28(33)34/h3-10,12,14-16,20H,11,13,29H2,1-2H3,(H,31,32)(H,33,34). The van der Waals surface area contributed by atoms with Crippen LogP contribution in [0, 0.1) is 0 Å². The Morgan fingerprint density at radius 2 is 1.66 bits per heavy atom. The van der Waals surface area contributed by atoms with Gasteiger partial charge in [0.2, 0.25) is 0 Å². The average molecular weight is 518 g/mol. The van der Waals surface area contributed by atoms with Crippen molar-refractivity contribution in [1.82, 2.24) is 4.98 Å². The van der Waals surface area contributed by atoms with Crippen LogP contribution >= 0.6 is 0 Å².